The van der Waals surface area contributed by atoms with Crippen molar-refractivity contribution in [2.75, 3.05) is 13.1 Å². The molecule has 20 heavy (non-hydrogen) atoms. The zero-order valence-electron chi connectivity index (χ0n) is 12.0. The van der Waals surface area contributed by atoms with Crippen LogP contribution < -0.4 is 5.32 Å². The Balaban J connectivity index is 2.17. The van der Waals surface area contributed by atoms with Gasteiger partial charge in [0.15, 0.2) is 0 Å². The number of hydrogen-bond acceptors (Lipinski definition) is 4. The Morgan fingerprint density at radius 3 is 2.45 bits per heavy atom. The van der Waals surface area contributed by atoms with Crippen molar-refractivity contribution in [3.63, 3.8) is 0 Å². The number of rotatable bonds is 5. The van der Waals surface area contributed by atoms with E-state index >= 15 is 0 Å². The second kappa shape index (κ2) is 5.54. The standard InChI is InChI=1S/C14H20N2O3S/c1-10(2)15-8-11(3)9-16-14(17)12-6-4-5-7-13(12)20(16,18)19/h4-7,10-11,15H,8-9H2,1-3H3. The third kappa shape index (κ3) is 2.71. The molecule has 2 rings (SSSR count). The van der Waals surface area contributed by atoms with Crippen LogP contribution in [0.3, 0.4) is 0 Å². The van der Waals surface area contributed by atoms with E-state index in [0.29, 0.717) is 12.6 Å². The normalized spacial score (nSPS) is 18.4. The number of amides is 1. The van der Waals surface area contributed by atoms with Gasteiger partial charge in [0.1, 0.15) is 4.90 Å². The van der Waals surface area contributed by atoms with Crippen LogP contribution in [0.15, 0.2) is 29.2 Å². The second-order valence-corrected chi connectivity index (χ2v) is 7.34. The molecule has 5 nitrogen and oxygen atoms in total. The minimum absolute atomic E-state index is 0.0606. The number of benzene rings is 1. The summed E-state index contributed by atoms with van der Waals surface area (Å²) in [6.07, 6.45) is 0. The van der Waals surface area contributed by atoms with Crippen LogP contribution in [0.4, 0.5) is 0 Å². The largest absolute Gasteiger partial charge is 0.314 e. The van der Waals surface area contributed by atoms with Crippen molar-refractivity contribution in [1.29, 1.82) is 0 Å². The maximum atomic E-state index is 12.4. The van der Waals surface area contributed by atoms with E-state index < -0.39 is 15.9 Å². The van der Waals surface area contributed by atoms with E-state index in [-0.39, 0.29) is 22.9 Å². The molecule has 1 aromatic rings. The van der Waals surface area contributed by atoms with E-state index in [1.807, 2.05) is 20.8 Å². The van der Waals surface area contributed by atoms with Crippen LogP contribution in [0, 0.1) is 5.92 Å². The van der Waals surface area contributed by atoms with Crippen LogP contribution in [0.25, 0.3) is 0 Å². The fraction of sp³-hybridized carbons (Fsp3) is 0.500. The van der Waals surface area contributed by atoms with E-state index in [4.69, 9.17) is 0 Å². The number of nitrogens with one attached hydrogen (secondary N) is 1. The average Bonchev–Trinajstić information content (AvgIpc) is 2.58. The average molecular weight is 296 g/mol. The molecule has 0 aromatic heterocycles. The number of fused-ring (bicyclic) bond motifs is 1. The fourth-order valence-corrected chi connectivity index (χ4v) is 3.88. The molecule has 1 heterocycles. The maximum absolute atomic E-state index is 12.4. The first-order valence-corrected chi connectivity index (χ1v) is 8.17. The van der Waals surface area contributed by atoms with Crippen LogP contribution in [0.2, 0.25) is 0 Å². The van der Waals surface area contributed by atoms with Crippen molar-refractivity contribution < 1.29 is 13.2 Å². The first kappa shape index (κ1) is 15.0. The molecule has 1 N–H and O–H groups in total. The number of carbonyl (C=O) groups excluding carboxylic acids is 1. The zero-order chi connectivity index (χ0) is 14.9. The summed E-state index contributed by atoms with van der Waals surface area (Å²) in [6, 6.07) is 6.70. The summed E-state index contributed by atoms with van der Waals surface area (Å²) >= 11 is 0. The number of carbonyl (C=O) groups is 1. The third-order valence-electron chi connectivity index (χ3n) is 3.26. The molecule has 1 aromatic carbocycles. The van der Waals surface area contributed by atoms with Crippen LogP contribution in [-0.4, -0.2) is 37.8 Å². The van der Waals surface area contributed by atoms with Gasteiger partial charge in [-0.15, -0.1) is 0 Å². The van der Waals surface area contributed by atoms with Crippen LogP contribution in [-0.2, 0) is 10.0 Å². The molecule has 1 unspecified atom stereocenters. The minimum atomic E-state index is -3.67. The lowest BCUT2D eigenvalue weighted by atomic mass is 10.1. The lowest BCUT2D eigenvalue weighted by Gasteiger charge is -2.21. The minimum Gasteiger partial charge on any atom is -0.314 e. The molecule has 1 amide bonds. The van der Waals surface area contributed by atoms with Gasteiger partial charge in [0.25, 0.3) is 15.9 Å². The molecule has 1 atom stereocenters. The zero-order valence-corrected chi connectivity index (χ0v) is 12.8. The topological polar surface area (TPSA) is 66.5 Å². The Kier molecular flexibility index (Phi) is 4.15. The van der Waals surface area contributed by atoms with Crippen LogP contribution >= 0.6 is 0 Å². The highest BCUT2D eigenvalue weighted by Gasteiger charge is 2.41. The summed E-state index contributed by atoms with van der Waals surface area (Å²) < 4.78 is 25.7. The summed E-state index contributed by atoms with van der Waals surface area (Å²) in [6.45, 7) is 6.87. The van der Waals surface area contributed by atoms with Crippen molar-refractivity contribution in [2.45, 2.75) is 31.7 Å². The molecule has 0 saturated heterocycles. The van der Waals surface area contributed by atoms with E-state index in [9.17, 15) is 13.2 Å². The molecule has 1 aliphatic heterocycles. The van der Waals surface area contributed by atoms with Gasteiger partial charge < -0.3 is 5.32 Å². The van der Waals surface area contributed by atoms with Crippen molar-refractivity contribution >= 4 is 15.9 Å². The highest BCUT2D eigenvalue weighted by molar-refractivity contribution is 7.90. The molecule has 0 bridgehead atoms. The fourth-order valence-electron chi connectivity index (χ4n) is 2.20. The molecular formula is C14H20N2O3S. The molecular weight excluding hydrogens is 276 g/mol. The highest BCUT2D eigenvalue weighted by Crippen LogP contribution is 2.30. The molecule has 0 spiro atoms. The summed E-state index contributed by atoms with van der Waals surface area (Å²) in [4.78, 5) is 12.3. The summed E-state index contributed by atoms with van der Waals surface area (Å²) in [5.74, 6) is -0.359. The summed E-state index contributed by atoms with van der Waals surface area (Å²) in [5, 5.41) is 3.25. The van der Waals surface area contributed by atoms with E-state index in [1.54, 1.807) is 18.2 Å². The Hall–Kier alpha value is -1.40. The Labute approximate surface area is 120 Å². The van der Waals surface area contributed by atoms with E-state index in [2.05, 4.69) is 5.32 Å². The smallest absolute Gasteiger partial charge is 0.269 e. The number of hydrogen-bond donors (Lipinski definition) is 1. The Morgan fingerprint density at radius 2 is 1.85 bits per heavy atom. The van der Waals surface area contributed by atoms with E-state index in [1.165, 1.54) is 6.07 Å². The van der Waals surface area contributed by atoms with Gasteiger partial charge in [0, 0.05) is 12.6 Å². The van der Waals surface area contributed by atoms with E-state index in [0.717, 1.165) is 4.31 Å². The monoisotopic (exact) mass is 296 g/mol. The number of nitrogens with zero attached hydrogens (tertiary/aromatic N) is 1. The molecule has 0 saturated carbocycles. The highest BCUT2D eigenvalue weighted by atomic mass is 32.2. The quantitative estimate of drug-likeness (QED) is 0.893. The predicted octanol–water partition coefficient (Wildman–Crippen LogP) is 1.47. The van der Waals surface area contributed by atoms with Gasteiger partial charge in [-0.25, -0.2) is 12.7 Å². The van der Waals surface area contributed by atoms with Crippen molar-refractivity contribution in [1.82, 2.24) is 9.62 Å². The Morgan fingerprint density at radius 1 is 1.20 bits per heavy atom. The van der Waals surface area contributed by atoms with Crippen molar-refractivity contribution in [3.05, 3.63) is 29.8 Å². The van der Waals surface area contributed by atoms with Crippen molar-refractivity contribution in [2.24, 2.45) is 5.92 Å². The van der Waals surface area contributed by atoms with Gasteiger partial charge in [-0.1, -0.05) is 32.9 Å². The van der Waals surface area contributed by atoms with Gasteiger partial charge in [-0.05, 0) is 24.6 Å². The summed E-state index contributed by atoms with van der Waals surface area (Å²) in [7, 11) is -3.67. The first-order valence-electron chi connectivity index (χ1n) is 6.73. The van der Waals surface area contributed by atoms with Crippen molar-refractivity contribution in [3.8, 4) is 0 Å². The SMILES string of the molecule is CC(CNC(C)C)CN1C(=O)c2ccccc2S1(=O)=O. The summed E-state index contributed by atoms with van der Waals surface area (Å²) in [5.41, 5.74) is 0.275. The predicted molar refractivity (Wildman–Crippen MR) is 77.0 cm³/mol. The first-order chi connectivity index (χ1) is 9.34. The molecule has 0 aliphatic carbocycles. The number of sulfonamides is 1. The van der Waals surface area contributed by atoms with Gasteiger partial charge >= 0.3 is 0 Å². The molecule has 1 aliphatic rings. The third-order valence-corrected chi connectivity index (χ3v) is 5.07. The molecule has 0 fully saturated rings. The molecule has 110 valence electrons. The Bertz CT molecular complexity index is 611. The maximum Gasteiger partial charge on any atom is 0.269 e. The lowest BCUT2D eigenvalue weighted by Crippen LogP contribution is -2.38. The molecule has 6 heteroatoms. The lowest BCUT2D eigenvalue weighted by molar-refractivity contribution is 0.0858. The van der Waals surface area contributed by atoms with Gasteiger partial charge in [0.2, 0.25) is 0 Å². The van der Waals surface area contributed by atoms with Crippen LogP contribution in [0.5, 0.6) is 0 Å². The second-order valence-electron chi connectivity index (χ2n) is 5.51. The van der Waals surface area contributed by atoms with Gasteiger partial charge in [-0.2, -0.15) is 0 Å². The molecule has 0 radical (unpaired) electrons. The van der Waals surface area contributed by atoms with Gasteiger partial charge in [-0.3, -0.25) is 4.79 Å². The van der Waals surface area contributed by atoms with Crippen LogP contribution in [0.1, 0.15) is 31.1 Å². The van der Waals surface area contributed by atoms with Gasteiger partial charge in [0.05, 0.1) is 5.56 Å².